The van der Waals surface area contributed by atoms with E-state index in [1.807, 2.05) is 36.4 Å². The number of pyridine rings is 2. The summed E-state index contributed by atoms with van der Waals surface area (Å²) in [6.07, 6.45) is 2.50. The second-order valence-electron chi connectivity index (χ2n) is 7.11. The van der Waals surface area contributed by atoms with Crippen molar-refractivity contribution >= 4 is 17.1 Å². The van der Waals surface area contributed by atoms with Crippen molar-refractivity contribution in [1.82, 2.24) is 25.3 Å². The van der Waals surface area contributed by atoms with Crippen LogP contribution in [0, 0.1) is 6.92 Å². The number of carbonyl (C=O) groups excluding carboxylic acids is 1. The predicted octanol–water partition coefficient (Wildman–Crippen LogP) is 4.56. The van der Waals surface area contributed by atoms with E-state index in [2.05, 4.69) is 25.3 Å². The van der Waals surface area contributed by atoms with Crippen molar-refractivity contribution in [3.8, 4) is 22.6 Å². The second-order valence-corrected chi connectivity index (χ2v) is 7.11. The Labute approximate surface area is 182 Å². The Bertz CT molecular complexity index is 1400. The third-order valence-corrected chi connectivity index (χ3v) is 4.90. The third-order valence-electron chi connectivity index (χ3n) is 4.90. The van der Waals surface area contributed by atoms with E-state index < -0.39 is 12.1 Å². The summed E-state index contributed by atoms with van der Waals surface area (Å²) >= 11 is 0. The van der Waals surface area contributed by atoms with Crippen LogP contribution in [0.1, 0.15) is 35.0 Å². The molecule has 4 aromatic heterocycles. The summed E-state index contributed by atoms with van der Waals surface area (Å²) < 4.78 is 16.3. The number of aryl methyl sites for hydroxylation is 1. The van der Waals surface area contributed by atoms with Gasteiger partial charge in [-0.15, -0.1) is 0 Å². The molecule has 0 bridgehead atoms. The monoisotopic (exact) mass is 427 g/mol. The number of ether oxygens (including phenoxy) is 1. The predicted molar refractivity (Wildman–Crippen MR) is 113 cm³/mol. The molecular weight excluding hydrogens is 410 g/mol. The van der Waals surface area contributed by atoms with Gasteiger partial charge in [-0.1, -0.05) is 40.6 Å². The first-order chi connectivity index (χ1) is 15.6. The topological polar surface area (TPSA) is 117 Å². The Balaban J connectivity index is 1.46. The number of carbonyl (C=O) groups is 1. The molecule has 9 heteroatoms. The van der Waals surface area contributed by atoms with Gasteiger partial charge in [-0.25, -0.2) is 9.78 Å². The van der Waals surface area contributed by atoms with E-state index in [0.29, 0.717) is 33.7 Å². The SMILES string of the molecule is Cc1noc2nc(-c3ccccc3)cc(C(=O)OC(C)c3nc(-c4cccnc4)no3)c12. The van der Waals surface area contributed by atoms with E-state index in [4.69, 9.17) is 13.8 Å². The van der Waals surface area contributed by atoms with E-state index in [1.54, 1.807) is 38.4 Å². The standard InChI is InChI=1S/C23H17N5O4/c1-13-19-17(11-18(25-22(19)32-27-13)15-7-4-3-5-8-15)23(29)30-14(2)21-26-20(28-31-21)16-9-6-10-24-12-16/h3-12,14H,1-2H3. The minimum atomic E-state index is -0.774. The molecule has 1 unspecified atom stereocenters. The normalized spacial score (nSPS) is 12.1. The summed E-state index contributed by atoms with van der Waals surface area (Å²) in [5.74, 6) is -0.0362. The van der Waals surface area contributed by atoms with Crippen molar-refractivity contribution in [3.05, 3.63) is 78.1 Å². The lowest BCUT2D eigenvalue weighted by Gasteiger charge is -2.11. The molecule has 0 aliphatic heterocycles. The zero-order valence-electron chi connectivity index (χ0n) is 17.2. The summed E-state index contributed by atoms with van der Waals surface area (Å²) in [6, 6.07) is 14.7. The number of aromatic nitrogens is 5. The van der Waals surface area contributed by atoms with Gasteiger partial charge in [-0.05, 0) is 32.0 Å². The maximum Gasteiger partial charge on any atom is 0.339 e. The molecule has 1 aromatic carbocycles. The molecule has 0 radical (unpaired) electrons. The Kier molecular flexibility index (Phi) is 4.91. The van der Waals surface area contributed by atoms with Gasteiger partial charge in [0, 0.05) is 23.5 Å². The fraction of sp³-hybridized carbons (Fsp3) is 0.130. The summed E-state index contributed by atoms with van der Waals surface area (Å²) in [5.41, 5.74) is 3.22. The molecule has 4 heterocycles. The average molecular weight is 427 g/mol. The summed E-state index contributed by atoms with van der Waals surface area (Å²) in [7, 11) is 0. The molecule has 0 spiro atoms. The van der Waals surface area contributed by atoms with Crippen LogP contribution in [0.5, 0.6) is 0 Å². The van der Waals surface area contributed by atoms with E-state index >= 15 is 0 Å². The van der Waals surface area contributed by atoms with Gasteiger partial charge in [0.2, 0.25) is 5.82 Å². The molecule has 5 aromatic rings. The Morgan fingerprint density at radius 1 is 1.00 bits per heavy atom. The lowest BCUT2D eigenvalue weighted by Crippen LogP contribution is -2.11. The first-order valence-electron chi connectivity index (χ1n) is 9.87. The highest BCUT2D eigenvalue weighted by Gasteiger charge is 2.25. The van der Waals surface area contributed by atoms with Crippen molar-refractivity contribution in [3.63, 3.8) is 0 Å². The fourth-order valence-corrected chi connectivity index (χ4v) is 3.30. The zero-order chi connectivity index (χ0) is 22.1. The van der Waals surface area contributed by atoms with Gasteiger partial charge in [0.05, 0.1) is 22.3 Å². The van der Waals surface area contributed by atoms with Crippen LogP contribution in [0.25, 0.3) is 33.7 Å². The van der Waals surface area contributed by atoms with Gasteiger partial charge < -0.3 is 13.8 Å². The number of nitrogens with zero attached hydrogens (tertiary/aromatic N) is 5. The number of hydrogen-bond donors (Lipinski definition) is 0. The second kappa shape index (κ2) is 8.03. The molecule has 0 N–H and O–H groups in total. The zero-order valence-corrected chi connectivity index (χ0v) is 17.2. The van der Waals surface area contributed by atoms with Gasteiger partial charge in [-0.2, -0.15) is 4.98 Å². The molecule has 0 amide bonds. The smallest absolute Gasteiger partial charge is 0.339 e. The maximum absolute atomic E-state index is 13.1. The van der Waals surface area contributed by atoms with Crippen molar-refractivity contribution < 1.29 is 18.6 Å². The summed E-state index contributed by atoms with van der Waals surface area (Å²) in [5, 5.41) is 8.40. The van der Waals surface area contributed by atoms with Crippen LogP contribution in [-0.4, -0.2) is 31.2 Å². The van der Waals surface area contributed by atoms with Crippen molar-refractivity contribution in [2.75, 3.05) is 0 Å². The number of benzene rings is 1. The van der Waals surface area contributed by atoms with Gasteiger partial charge in [-0.3, -0.25) is 4.98 Å². The van der Waals surface area contributed by atoms with E-state index in [0.717, 1.165) is 5.56 Å². The van der Waals surface area contributed by atoms with E-state index in [9.17, 15) is 4.79 Å². The first kappa shape index (κ1) is 19.6. The van der Waals surface area contributed by atoms with Crippen molar-refractivity contribution in [1.29, 1.82) is 0 Å². The molecule has 1 atom stereocenters. The van der Waals surface area contributed by atoms with E-state index in [-0.39, 0.29) is 11.6 Å². The summed E-state index contributed by atoms with van der Waals surface area (Å²) in [6.45, 7) is 3.41. The molecule has 5 rings (SSSR count). The van der Waals surface area contributed by atoms with Crippen LogP contribution in [0.15, 0.2) is 70.0 Å². The summed E-state index contributed by atoms with van der Waals surface area (Å²) in [4.78, 5) is 26.0. The highest BCUT2D eigenvalue weighted by atomic mass is 16.6. The Hall–Kier alpha value is -4.40. The van der Waals surface area contributed by atoms with Crippen LogP contribution >= 0.6 is 0 Å². The number of hydrogen-bond acceptors (Lipinski definition) is 9. The fourth-order valence-electron chi connectivity index (χ4n) is 3.30. The molecule has 32 heavy (non-hydrogen) atoms. The van der Waals surface area contributed by atoms with Gasteiger partial charge in [0.15, 0.2) is 6.10 Å². The number of esters is 1. The third kappa shape index (κ3) is 3.60. The molecule has 158 valence electrons. The molecule has 0 aliphatic carbocycles. The molecular formula is C23H17N5O4. The maximum atomic E-state index is 13.1. The van der Waals surface area contributed by atoms with Crippen LogP contribution in [0.3, 0.4) is 0 Å². The van der Waals surface area contributed by atoms with E-state index in [1.165, 1.54) is 0 Å². The van der Waals surface area contributed by atoms with Crippen molar-refractivity contribution in [2.45, 2.75) is 20.0 Å². The van der Waals surface area contributed by atoms with Gasteiger partial charge in [0.25, 0.3) is 11.6 Å². The quantitative estimate of drug-likeness (QED) is 0.372. The lowest BCUT2D eigenvalue weighted by atomic mass is 10.1. The molecule has 9 nitrogen and oxygen atoms in total. The van der Waals surface area contributed by atoms with Gasteiger partial charge >= 0.3 is 5.97 Å². The highest BCUT2D eigenvalue weighted by molar-refractivity contribution is 6.04. The minimum absolute atomic E-state index is 0.174. The molecule has 0 fully saturated rings. The van der Waals surface area contributed by atoms with Crippen molar-refractivity contribution in [2.24, 2.45) is 0 Å². The largest absolute Gasteiger partial charge is 0.449 e. The van der Waals surface area contributed by atoms with Gasteiger partial charge in [0.1, 0.15) is 0 Å². The molecule has 0 saturated heterocycles. The molecule has 0 saturated carbocycles. The molecule has 0 aliphatic rings. The first-order valence-corrected chi connectivity index (χ1v) is 9.87. The van der Waals surface area contributed by atoms with Crippen LogP contribution < -0.4 is 0 Å². The number of rotatable bonds is 5. The number of fused-ring (bicyclic) bond motifs is 1. The minimum Gasteiger partial charge on any atom is -0.449 e. The Morgan fingerprint density at radius 3 is 2.59 bits per heavy atom. The van der Waals surface area contributed by atoms with Crippen LogP contribution in [0.4, 0.5) is 0 Å². The average Bonchev–Trinajstić information content (AvgIpc) is 3.47. The highest BCUT2D eigenvalue weighted by Crippen LogP contribution is 2.29. The van der Waals surface area contributed by atoms with Crippen LogP contribution in [0.2, 0.25) is 0 Å². The lowest BCUT2D eigenvalue weighted by molar-refractivity contribution is 0.0267. The van der Waals surface area contributed by atoms with Crippen LogP contribution in [-0.2, 0) is 4.74 Å². The Morgan fingerprint density at radius 2 is 1.81 bits per heavy atom.